The molecule has 0 aliphatic rings. The Morgan fingerprint density at radius 2 is 1.89 bits per heavy atom. The fourth-order valence-corrected chi connectivity index (χ4v) is 1.80. The predicted octanol–water partition coefficient (Wildman–Crippen LogP) is 3.42. The molecule has 0 heterocycles. The lowest BCUT2D eigenvalue weighted by Gasteiger charge is -2.22. The van der Waals surface area contributed by atoms with Crippen LogP contribution < -0.4 is 5.32 Å². The van der Waals surface area contributed by atoms with Crippen molar-refractivity contribution in [2.75, 3.05) is 20.6 Å². The minimum atomic E-state index is 0. The van der Waals surface area contributed by atoms with Gasteiger partial charge < -0.3 is 10.2 Å². The highest BCUT2D eigenvalue weighted by molar-refractivity contribution is 14.0. The van der Waals surface area contributed by atoms with Gasteiger partial charge in [-0.3, -0.25) is 4.99 Å². The topological polar surface area (TPSA) is 27.6 Å². The van der Waals surface area contributed by atoms with E-state index < -0.39 is 0 Å². The van der Waals surface area contributed by atoms with Gasteiger partial charge in [-0.15, -0.1) is 24.0 Å². The average molecular weight is 375 g/mol. The molecule has 0 aliphatic heterocycles. The zero-order chi connectivity index (χ0) is 13.4. The first-order valence-corrected chi connectivity index (χ1v) is 6.64. The van der Waals surface area contributed by atoms with Crippen LogP contribution in [-0.4, -0.2) is 31.5 Å². The normalized spacial score (nSPS) is 10.8. The number of rotatable bonds is 5. The monoisotopic (exact) mass is 375 g/mol. The van der Waals surface area contributed by atoms with E-state index in [0.29, 0.717) is 0 Å². The Balaban J connectivity index is 0.00000324. The van der Waals surface area contributed by atoms with E-state index in [1.165, 1.54) is 24.0 Å². The lowest BCUT2D eigenvalue weighted by Crippen LogP contribution is -2.38. The minimum Gasteiger partial charge on any atom is -0.356 e. The second-order valence-electron chi connectivity index (χ2n) is 4.67. The summed E-state index contributed by atoms with van der Waals surface area (Å²) >= 11 is 0. The Bertz CT molecular complexity index is 373. The Morgan fingerprint density at radius 3 is 2.42 bits per heavy atom. The number of halogens is 1. The van der Waals surface area contributed by atoms with Crippen molar-refractivity contribution < 1.29 is 0 Å². The fourth-order valence-electron chi connectivity index (χ4n) is 1.80. The number of aliphatic imine (C=N–C) groups is 1. The highest BCUT2D eigenvalue weighted by atomic mass is 127. The van der Waals surface area contributed by atoms with Crippen molar-refractivity contribution in [1.82, 2.24) is 10.2 Å². The summed E-state index contributed by atoms with van der Waals surface area (Å²) < 4.78 is 0. The van der Waals surface area contributed by atoms with Gasteiger partial charge in [0.15, 0.2) is 5.96 Å². The molecule has 3 nitrogen and oxygen atoms in total. The van der Waals surface area contributed by atoms with Crippen molar-refractivity contribution in [1.29, 1.82) is 0 Å². The third-order valence-electron chi connectivity index (χ3n) is 2.93. The predicted molar refractivity (Wildman–Crippen MR) is 94.3 cm³/mol. The quantitative estimate of drug-likeness (QED) is 0.370. The second-order valence-corrected chi connectivity index (χ2v) is 4.67. The van der Waals surface area contributed by atoms with Gasteiger partial charge in [-0.25, -0.2) is 0 Å². The van der Waals surface area contributed by atoms with Crippen LogP contribution in [-0.2, 0) is 6.54 Å². The number of unbranched alkanes of at least 4 members (excludes halogenated alkanes) is 1. The van der Waals surface area contributed by atoms with Crippen LogP contribution in [0.15, 0.2) is 29.3 Å². The number of benzene rings is 1. The van der Waals surface area contributed by atoms with Gasteiger partial charge in [0.05, 0.1) is 0 Å². The van der Waals surface area contributed by atoms with E-state index in [1.807, 2.05) is 7.05 Å². The molecule has 0 atom stereocenters. The molecule has 0 fully saturated rings. The number of nitrogens with zero attached hydrogens (tertiary/aromatic N) is 2. The molecule has 0 bridgehead atoms. The van der Waals surface area contributed by atoms with Crippen LogP contribution in [0.4, 0.5) is 0 Å². The molecule has 0 unspecified atom stereocenters. The smallest absolute Gasteiger partial charge is 0.193 e. The molecule has 108 valence electrons. The zero-order valence-corrected chi connectivity index (χ0v) is 14.8. The molecule has 0 amide bonds. The van der Waals surface area contributed by atoms with Crippen LogP contribution in [0.1, 0.15) is 30.9 Å². The molecular weight excluding hydrogens is 349 g/mol. The van der Waals surface area contributed by atoms with E-state index in [-0.39, 0.29) is 24.0 Å². The molecule has 4 heteroatoms. The second kappa shape index (κ2) is 10.1. The van der Waals surface area contributed by atoms with Gasteiger partial charge in [0.1, 0.15) is 0 Å². The molecule has 1 rings (SSSR count). The molecule has 1 N–H and O–H groups in total. The Kier molecular flexibility index (Phi) is 9.65. The third-order valence-corrected chi connectivity index (χ3v) is 2.93. The summed E-state index contributed by atoms with van der Waals surface area (Å²) in [6.07, 6.45) is 2.38. The molecule has 0 aromatic heterocycles. The van der Waals surface area contributed by atoms with Gasteiger partial charge in [-0.05, 0) is 18.9 Å². The summed E-state index contributed by atoms with van der Waals surface area (Å²) in [7, 11) is 3.90. The fraction of sp³-hybridized carbons (Fsp3) is 0.533. The van der Waals surface area contributed by atoms with Crippen molar-refractivity contribution in [2.24, 2.45) is 4.99 Å². The Hall–Kier alpha value is -0.780. The van der Waals surface area contributed by atoms with Gasteiger partial charge >= 0.3 is 0 Å². The molecule has 0 spiro atoms. The molecule has 0 saturated heterocycles. The molecule has 0 saturated carbocycles. The van der Waals surface area contributed by atoms with E-state index >= 15 is 0 Å². The van der Waals surface area contributed by atoms with E-state index in [4.69, 9.17) is 0 Å². The summed E-state index contributed by atoms with van der Waals surface area (Å²) in [6.45, 7) is 6.17. The van der Waals surface area contributed by atoms with E-state index in [2.05, 4.69) is 60.4 Å². The summed E-state index contributed by atoms with van der Waals surface area (Å²) in [6, 6.07) is 8.64. The summed E-state index contributed by atoms with van der Waals surface area (Å²) in [5.74, 6) is 0.962. The first kappa shape index (κ1) is 18.2. The van der Waals surface area contributed by atoms with E-state index in [0.717, 1.165) is 19.0 Å². The Morgan fingerprint density at radius 1 is 1.26 bits per heavy atom. The van der Waals surface area contributed by atoms with Crippen LogP contribution in [0.5, 0.6) is 0 Å². The number of nitrogens with one attached hydrogen (secondary N) is 1. The number of hydrogen-bond acceptors (Lipinski definition) is 1. The standard InChI is InChI=1S/C15H25N3.HI/c1-5-6-11-17-15(16-3)18(4)12-14-9-7-13(2)8-10-14;/h7-10H,5-6,11-12H2,1-4H3,(H,16,17);1H. The van der Waals surface area contributed by atoms with Crippen molar-refractivity contribution >= 4 is 29.9 Å². The van der Waals surface area contributed by atoms with Crippen molar-refractivity contribution in [3.8, 4) is 0 Å². The third kappa shape index (κ3) is 6.80. The van der Waals surface area contributed by atoms with E-state index in [9.17, 15) is 0 Å². The number of guanidine groups is 1. The summed E-state index contributed by atoms with van der Waals surface area (Å²) in [5, 5.41) is 3.38. The molecule has 0 aliphatic carbocycles. The van der Waals surface area contributed by atoms with Crippen molar-refractivity contribution in [3.63, 3.8) is 0 Å². The maximum absolute atomic E-state index is 4.30. The lowest BCUT2D eigenvalue weighted by molar-refractivity contribution is 0.475. The summed E-state index contributed by atoms with van der Waals surface area (Å²) in [5.41, 5.74) is 2.60. The maximum Gasteiger partial charge on any atom is 0.193 e. The van der Waals surface area contributed by atoms with Crippen LogP contribution >= 0.6 is 24.0 Å². The molecular formula is C15H26IN3. The first-order valence-electron chi connectivity index (χ1n) is 6.64. The zero-order valence-electron chi connectivity index (χ0n) is 12.4. The van der Waals surface area contributed by atoms with Crippen molar-refractivity contribution in [2.45, 2.75) is 33.2 Å². The Labute approximate surface area is 134 Å². The number of hydrogen-bond donors (Lipinski definition) is 1. The van der Waals surface area contributed by atoms with Crippen molar-refractivity contribution in [3.05, 3.63) is 35.4 Å². The van der Waals surface area contributed by atoms with Crippen LogP contribution in [0.2, 0.25) is 0 Å². The van der Waals surface area contributed by atoms with Crippen LogP contribution in [0.3, 0.4) is 0 Å². The average Bonchev–Trinajstić information content (AvgIpc) is 2.37. The van der Waals surface area contributed by atoms with E-state index in [1.54, 1.807) is 0 Å². The largest absolute Gasteiger partial charge is 0.356 e. The van der Waals surface area contributed by atoms with Gasteiger partial charge in [0.25, 0.3) is 0 Å². The highest BCUT2D eigenvalue weighted by Crippen LogP contribution is 2.05. The lowest BCUT2D eigenvalue weighted by atomic mass is 10.1. The first-order chi connectivity index (χ1) is 8.67. The number of aryl methyl sites for hydroxylation is 1. The molecule has 1 aromatic rings. The molecule has 19 heavy (non-hydrogen) atoms. The minimum absolute atomic E-state index is 0. The van der Waals surface area contributed by atoms with Gasteiger partial charge in [-0.1, -0.05) is 43.2 Å². The highest BCUT2D eigenvalue weighted by Gasteiger charge is 2.05. The summed E-state index contributed by atoms with van der Waals surface area (Å²) in [4.78, 5) is 6.46. The molecule has 0 radical (unpaired) electrons. The van der Waals surface area contributed by atoms with Crippen LogP contribution in [0, 0.1) is 6.92 Å². The van der Waals surface area contributed by atoms with Gasteiger partial charge in [-0.2, -0.15) is 0 Å². The van der Waals surface area contributed by atoms with Crippen LogP contribution in [0.25, 0.3) is 0 Å². The maximum atomic E-state index is 4.30. The molecule has 1 aromatic carbocycles. The van der Waals surface area contributed by atoms with Gasteiger partial charge in [0.2, 0.25) is 0 Å². The van der Waals surface area contributed by atoms with Gasteiger partial charge in [0, 0.05) is 27.2 Å². The SMILES string of the molecule is CCCCNC(=NC)N(C)Cc1ccc(C)cc1.I.